The molecular weight excluding hydrogens is 376 g/mol. The molecule has 0 amide bonds. The van der Waals surface area contributed by atoms with Crippen LogP contribution in [0.25, 0.3) is 0 Å². The Hall–Kier alpha value is -1.22. The Balaban J connectivity index is 1.91. The first-order chi connectivity index (χ1) is 13.0. The molecular formula is C21H38N2O6. The molecule has 0 bridgehead atoms. The molecule has 0 saturated carbocycles. The van der Waals surface area contributed by atoms with Crippen molar-refractivity contribution in [1.29, 1.82) is 0 Å². The van der Waals surface area contributed by atoms with Gasteiger partial charge in [-0.2, -0.15) is 10.1 Å². The summed E-state index contributed by atoms with van der Waals surface area (Å²) in [5, 5.41) is 23.3. The van der Waals surface area contributed by atoms with Crippen molar-refractivity contribution >= 4 is 11.9 Å². The molecule has 2 rings (SSSR count). The van der Waals surface area contributed by atoms with Gasteiger partial charge in [-0.1, -0.05) is 0 Å². The monoisotopic (exact) mass is 414 g/mol. The fourth-order valence-corrected chi connectivity index (χ4v) is 5.10. The van der Waals surface area contributed by atoms with Gasteiger partial charge in [0.05, 0.1) is 0 Å². The van der Waals surface area contributed by atoms with Gasteiger partial charge in [0, 0.05) is 47.8 Å². The van der Waals surface area contributed by atoms with Crippen LogP contribution in [0.2, 0.25) is 0 Å². The third-order valence-corrected chi connectivity index (χ3v) is 6.09. The van der Waals surface area contributed by atoms with E-state index in [1.165, 1.54) is 10.1 Å². The lowest BCUT2D eigenvalue weighted by Crippen LogP contribution is -2.61. The van der Waals surface area contributed by atoms with Crippen molar-refractivity contribution in [3.63, 3.8) is 0 Å². The molecule has 0 aromatic carbocycles. The Kier molecular flexibility index (Phi) is 6.47. The second-order valence-electron chi connectivity index (χ2n) is 11.1. The molecule has 0 spiro atoms. The van der Waals surface area contributed by atoms with Gasteiger partial charge in [-0.15, -0.1) is 0 Å². The fraction of sp³-hybridized carbons (Fsp3) is 0.905. The summed E-state index contributed by atoms with van der Waals surface area (Å²) in [5.74, 6) is -1.23. The van der Waals surface area contributed by atoms with E-state index in [-0.39, 0.29) is 12.2 Å². The highest BCUT2D eigenvalue weighted by molar-refractivity contribution is 5.91. The Bertz CT molecular complexity index is 553. The number of rotatable bonds is 4. The van der Waals surface area contributed by atoms with Gasteiger partial charge in [-0.25, -0.2) is 0 Å². The summed E-state index contributed by atoms with van der Waals surface area (Å²) in [4.78, 5) is 24.7. The number of carbonyl (C=O) groups is 2. The zero-order valence-electron chi connectivity index (χ0n) is 19.1. The zero-order valence-corrected chi connectivity index (χ0v) is 19.1. The molecule has 0 aromatic heterocycles. The van der Waals surface area contributed by atoms with Gasteiger partial charge in [-0.05, 0) is 55.4 Å². The molecule has 0 radical (unpaired) electrons. The van der Waals surface area contributed by atoms with Gasteiger partial charge in [0.2, 0.25) is 0 Å². The highest BCUT2D eigenvalue weighted by Crippen LogP contribution is 2.39. The minimum Gasteiger partial charge on any atom is -0.462 e. The number of hydrogen-bond donors (Lipinski definition) is 2. The second-order valence-corrected chi connectivity index (χ2v) is 11.1. The molecule has 8 heteroatoms. The first-order valence-corrected chi connectivity index (χ1v) is 10.3. The van der Waals surface area contributed by atoms with Gasteiger partial charge < -0.3 is 19.9 Å². The summed E-state index contributed by atoms with van der Waals surface area (Å²) in [6, 6.07) is 0. The van der Waals surface area contributed by atoms with Crippen LogP contribution in [0.5, 0.6) is 0 Å². The van der Waals surface area contributed by atoms with Gasteiger partial charge in [0.25, 0.3) is 0 Å². The molecule has 2 saturated heterocycles. The third-order valence-electron chi connectivity index (χ3n) is 6.09. The van der Waals surface area contributed by atoms with Crippen molar-refractivity contribution < 1.29 is 29.5 Å². The van der Waals surface area contributed by atoms with Crippen LogP contribution < -0.4 is 0 Å². The molecule has 2 aliphatic heterocycles. The predicted octanol–water partition coefficient (Wildman–Crippen LogP) is 3.28. The number of hydrogen-bond acceptors (Lipinski definition) is 8. The van der Waals surface area contributed by atoms with Crippen molar-refractivity contribution in [2.24, 2.45) is 0 Å². The van der Waals surface area contributed by atoms with Crippen LogP contribution in [-0.2, 0) is 19.1 Å². The van der Waals surface area contributed by atoms with E-state index in [1.54, 1.807) is 0 Å². The number of carbonyl (C=O) groups excluding carboxylic acids is 2. The molecule has 2 fully saturated rings. The Morgan fingerprint density at radius 3 is 1.17 bits per heavy atom. The van der Waals surface area contributed by atoms with Crippen LogP contribution in [-0.4, -0.2) is 66.8 Å². The predicted molar refractivity (Wildman–Crippen MR) is 106 cm³/mol. The normalized spacial score (nSPS) is 27.4. The van der Waals surface area contributed by atoms with E-state index in [1.807, 2.05) is 55.4 Å². The zero-order chi connectivity index (χ0) is 22.4. The standard InChI is InChI=1S/C21H38N2O6/c1-18(2)10-14(11-19(3,4)22(18)26)28-16(24)9-17(25)29-15-12-20(5,6)23(27)21(7,8)13-15/h14-15,26-27H,9-13H2,1-8H3. The third kappa shape index (κ3) is 5.48. The van der Waals surface area contributed by atoms with Crippen LogP contribution in [0.15, 0.2) is 0 Å². The quantitative estimate of drug-likeness (QED) is 0.534. The summed E-state index contributed by atoms with van der Waals surface area (Å²) in [7, 11) is 0. The maximum absolute atomic E-state index is 12.3. The van der Waals surface area contributed by atoms with Crippen molar-refractivity contribution in [1.82, 2.24) is 10.1 Å². The minimum atomic E-state index is -0.615. The lowest BCUT2D eigenvalue weighted by atomic mass is 9.80. The van der Waals surface area contributed by atoms with Crippen molar-refractivity contribution in [2.75, 3.05) is 0 Å². The maximum atomic E-state index is 12.3. The largest absolute Gasteiger partial charge is 0.462 e. The molecule has 0 unspecified atom stereocenters. The molecule has 0 atom stereocenters. The highest BCUT2D eigenvalue weighted by atomic mass is 16.6. The van der Waals surface area contributed by atoms with Crippen LogP contribution in [0.4, 0.5) is 0 Å². The van der Waals surface area contributed by atoms with Gasteiger partial charge >= 0.3 is 11.9 Å². The number of piperidine rings is 2. The van der Waals surface area contributed by atoms with Gasteiger partial charge in [0.15, 0.2) is 0 Å². The number of nitrogens with zero attached hydrogens (tertiary/aromatic N) is 2. The van der Waals surface area contributed by atoms with Crippen LogP contribution in [0, 0.1) is 0 Å². The summed E-state index contributed by atoms with van der Waals surface area (Å²) in [6.45, 7) is 15.1. The number of ether oxygens (including phenoxy) is 2. The number of hydroxylamine groups is 4. The molecule has 29 heavy (non-hydrogen) atoms. The average molecular weight is 415 g/mol. The van der Waals surface area contributed by atoms with Gasteiger partial charge in [-0.3, -0.25) is 9.59 Å². The molecule has 8 nitrogen and oxygen atoms in total. The van der Waals surface area contributed by atoms with E-state index in [4.69, 9.17) is 9.47 Å². The lowest BCUT2D eigenvalue weighted by molar-refractivity contribution is -0.260. The molecule has 0 aromatic rings. The Morgan fingerprint density at radius 2 is 0.931 bits per heavy atom. The second kappa shape index (κ2) is 7.80. The maximum Gasteiger partial charge on any atom is 0.317 e. The Labute approximate surface area is 174 Å². The van der Waals surface area contributed by atoms with Gasteiger partial charge in [0.1, 0.15) is 18.6 Å². The van der Waals surface area contributed by atoms with Crippen LogP contribution in [0.3, 0.4) is 0 Å². The minimum absolute atomic E-state index is 0.376. The summed E-state index contributed by atoms with van der Waals surface area (Å²) in [5.41, 5.74) is -2.16. The van der Waals surface area contributed by atoms with E-state index in [2.05, 4.69) is 0 Å². The average Bonchev–Trinajstić information content (AvgIpc) is 2.48. The van der Waals surface area contributed by atoms with Crippen LogP contribution >= 0.6 is 0 Å². The Morgan fingerprint density at radius 1 is 0.690 bits per heavy atom. The smallest absolute Gasteiger partial charge is 0.317 e. The summed E-state index contributed by atoms with van der Waals surface area (Å²) in [6.07, 6.45) is 0.713. The van der Waals surface area contributed by atoms with E-state index in [0.717, 1.165) is 0 Å². The fourth-order valence-electron chi connectivity index (χ4n) is 5.10. The SMILES string of the molecule is CC1(C)CC(OC(=O)CC(=O)OC2CC(C)(C)N(O)C(C)(C)C2)CC(C)(C)N1O. The topological polar surface area (TPSA) is 99.5 Å². The van der Waals surface area contributed by atoms with E-state index >= 15 is 0 Å². The van der Waals surface area contributed by atoms with Crippen LogP contribution in [0.1, 0.15) is 87.5 Å². The van der Waals surface area contributed by atoms with Crippen molar-refractivity contribution in [3.8, 4) is 0 Å². The molecule has 0 aliphatic carbocycles. The molecule has 168 valence electrons. The summed E-state index contributed by atoms with van der Waals surface area (Å²) >= 11 is 0. The molecule has 2 heterocycles. The summed E-state index contributed by atoms with van der Waals surface area (Å²) < 4.78 is 11.1. The van der Waals surface area contributed by atoms with Crippen molar-refractivity contribution in [2.45, 2.75) is 122 Å². The highest BCUT2D eigenvalue weighted by Gasteiger charge is 2.47. The van der Waals surface area contributed by atoms with E-state index < -0.39 is 40.5 Å². The molecule has 2 aliphatic rings. The number of esters is 2. The van der Waals surface area contributed by atoms with E-state index in [9.17, 15) is 20.0 Å². The van der Waals surface area contributed by atoms with Crippen molar-refractivity contribution in [3.05, 3.63) is 0 Å². The lowest BCUT2D eigenvalue weighted by Gasteiger charge is -2.51. The first-order valence-electron chi connectivity index (χ1n) is 10.3. The molecule has 2 N–H and O–H groups in total. The van der Waals surface area contributed by atoms with E-state index in [0.29, 0.717) is 25.7 Å². The first kappa shape index (κ1) is 24.1.